The van der Waals surface area contributed by atoms with Gasteiger partial charge >= 0.3 is 0 Å². The number of para-hydroxylation sites is 1. The van der Waals surface area contributed by atoms with Gasteiger partial charge in [-0.15, -0.1) is 0 Å². The number of fused-ring (bicyclic) bond motifs is 3. The van der Waals surface area contributed by atoms with Crippen molar-refractivity contribution < 1.29 is 33.3 Å². The summed E-state index contributed by atoms with van der Waals surface area (Å²) in [4.78, 5) is 39.9. The summed E-state index contributed by atoms with van der Waals surface area (Å²) in [7, 11) is 4.75. The van der Waals surface area contributed by atoms with Gasteiger partial charge in [0.2, 0.25) is 11.9 Å². The molecule has 44 heavy (non-hydrogen) atoms. The van der Waals surface area contributed by atoms with E-state index in [1.54, 1.807) is 50.2 Å². The minimum atomic E-state index is -1.59. The highest BCUT2D eigenvalue weighted by molar-refractivity contribution is 6.47. The van der Waals surface area contributed by atoms with Crippen molar-refractivity contribution >= 4 is 34.1 Å². The summed E-state index contributed by atoms with van der Waals surface area (Å²) in [6.45, 7) is 0. The highest BCUT2D eigenvalue weighted by atomic mass is 16.5. The molecule has 6 rings (SSSR count). The zero-order valence-corrected chi connectivity index (χ0v) is 24.5. The molecule has 0 saturated heterocycles. The van der Waals surface area contributed by atoms with Crippen LogP contribution in [-0.2, 0) is 22.4 Å². The number of anilines is 1. The quantitative estimate of drug-likeness (QED) is 0.167. The number of Topliss-reactive ketones (excluding diaryl/α,β-unsaturated/α-hetero) is 2. The third-order valence-electron chi connectivity index (χ3n) is 7.67. The predicted molar refractivity (Wildman–Crippen MR) is 166 cm³/mol. The van der Waals surface area contributed by atoms with Crippen LogP contribution in [0.25, 0.3) is 16.6 Å². The topological polar surface area (TPSA) is 105 Å². The van der Waals surface area contributed by atoms with E-state index in [2.05, 4.69) is 5.32 Å². The number of hydrogen-bond donors (Lipinski definition) is 1. The van der Waals surface area contributed by atoms with Crippen LogP contribution in [0.2, 0.25) is 0 Å². The molecule has 1 unspecified atom stereocenters. The van der Waals surface area contributed by atoms with Crippen molar-refractivity contribution in [3.63, 3.8) is 0 Å². The number of hydrogen-bond acceptors (Lipinski definition) is 7. The average Bonchev–Trinajstić information content (AvgIpc) is 3.57. The third-order valence-corrected chi connectivity index (χ3v) is 7.67. The van der Waals surface area contributed by atoms with Gasteiger partial charge in [0.15, 0.2) is 17.2 Å². The summed E-state index contributed by atoms with van der Waals surface area (Å²) >= 11 is 0. The zero-order valence-electron chi connectivity index (χ0n) is 24.5. The summed E-state index contributed by atoms with van der Waals surface area (Å²) in [6.07, 6.45) is -0.0568. The van der Waals surface area contributed by atoms with Gasteiger partial charge in [-0.25, -0.2) is 0 Å². The Morgan fingerprint density at radius 3 is 2.20 bits per heavy atom. The first-order chi connectivity index (χ1) is 21.4. The second-order valence-electron chi connectivity index (χ2n) is 10.3. The fraction of sp³-hybridized carbons (Fsp3) is 0.171. The molecule has 1 N–H and O–H groups in total. The van der Waals surface area contributed by atoms with Crippen molar-refractivity contribution in [2.24, 2.45) is 0 Å². The molecule has 0 fully saturated rings. The van der Waals surface area contributed by atoms with Gasteiger partial charge in [-0.1, -0.05) is 36.4 Å². The molecule has 0 radical (unpaired) electrons. The van der Waals surface area contributed by atoms with E-state index >= 15 is 0 Å². The van der Waals surface area contributed by atoms with E-state index in [4.69, 9.17) is 18.9 Å². The molecule has 0 spiro atoms. The van der Waals surface area contributed by atoms with E-state index in [-0.39, 0.29) is 11.4 Å². The second kappa shape index (κ2) is 12.0. The Kier molecular flexibility index (Phi) is 7.76. The lowest BCUT2D eigenvalue weighted by Gasteiger charge is -2.12. The lowest BCUT2D eigenvalue weighted by atomic mass is 10.0. The maximum absolute atomic E-state index is 13.6. The normalized spacial score (nSPS) is 13.7. The number of benzene rings is 4. The Hall–Kier alpha value is -5.57. The van der Waals surface area contributed by atoms with E-state index in [9.17, 15) is 14.4 Å². The van der Waals surface area contributed by atoms with Gasteiger partial charge in [-0.3, -0.25) is 14.4 Å². The van der Waals surface area contributed by atoms with Crippen molar-refractivity contribution in [2.45, 2.75) is 18.9 Å². The Labute approximate surface area is 253 Å². The van der Waals surface area contributed by atoms with Crippen LogP contribution in [0.4, 0.5) is 5.69 Å². The minimum absolute atomic E-state index is 0.212. The van der Waals surface area contributed by atoms with Crippen molar-refractivity contribution in [3.05, 3.63) is 108 Å². The van der Waals surface area contributed by atoms with Crippen LogP contribution in [0.15, 0.2) is 91.0 Å². The first-order valence-electron chi connectivity index (χ1n) is 14.1. The Morgan fingerprint density at radius 2 is 1.50 bits per heavy atom. The van der Waals surface area contributed by atoms with E-state index < -0.39 is 23.6 Å². The van der Waals surface area contributed by atoms with E-state index in [1.165, 1.54) is 0 Å². The molecule has 1 atom stereocenters. The van der Waals surface area contributed by atoms with E-state index in [0.717, 1.165) is 35.2 Å². The van der Waals surface area contributed by atoms with Crippen LogP contribution in [0, 0.1) is 0 Å². The number of ketones is 2. The average molecular weight is 591 g/mol. The summed E-state index contributed by atoms with van der Waals surface area (Å²) in [6, 6.07) is 27.7. The van der Waals surface area contributed by atoms with Crippen molar-refractivity contribution in [3.8, 4) is 28.7 Å². The Balaban J connectivity index is 1.16. The molecule has 222 valence electrons. The third kappa shape index (κ3) is 5.24. The molecule has 2 heterocycles. The molecule has 1 amide bonds. The molecule has 1 aromatic heterocycles. The zero-order chi connectivity index (χ0) is 30.8. The van der Waals surface area contributed by atoms with Gasteiger partial charge in [-0.05, 0) is 78.6 Å². The number of carbonyl (C=O) groups excluding carboxylic acids is 3. The first-order valence-corrected chi connectivity index (χ1v) is 14.1. The summed E-state index contributed by atoms with van der Waals surface area (Å²) in [5.41, 5.74) is 4.24. The van der Waals surface area contributed by atoms with Crippen molar-refractivity contribution in [1.29, 1.82) is 0 Å². The molecule has 9 nitrogen and oxygen atoms in total. The number of carbonyl (C=O) groups is 3. The summed E-state index contributed by atoms with van der Waals surface area (Å²) in [5, 5.41) is 3.22. The number of nitrogens with zero attached hydrogens (tertiary/aromatic N) is 1. The number of aromatic nitrogens is 1. The van der Waals surface area contributed by atoms with Gasteiger partial charge in [0.1, 0.15) is 11.4 Å². The van der Waals surface area contributed by atoms with Crippen LogP contribution in [-0.4, -0.2) is 49.5 Å². The summed E-state index contributed by atoms with van der Waals surface area (Å²) < 4.78 is 23.7. The predicted octanol–water partition coefficient (Wildman–Crippen LogP) is 5.59. The molecule has 0 saturated carbocycles. The number of aryl methyl sites for hydroxylation is 2. The largest absolute Gasteiger partial charge is 0.497 e. The molecule has 9 heteroatoms. The highest BCUT2D eigenvalue weighted by Gasteiger charge is 2.45. The van der Waals surface area contributed by atoms with Crippen LogP contribution >= 0.6 is 0 Å². The van der Waals surface area contributed by atoms with Gasteiger partial charge in [0.25, 0.3) is 11.7 Å². The molecule has 0 bridgehead atoms. The number of methoxy groups -OCH3 is 3. The Bertz CT molecular complexity index is 1880. The highest BCUT2D eigenvalue weighted by Crippen LogP contribution is 2.42. The Morgan fingerprint density at radius 1 is 0.795 bits per heavy atom. The molecule has 1 aliphatic rings. The summed E-state index contributed by atoms with van der Waals surface area (Å²) in [5.74, 6) is -0.313. The minimum Gasteiger partial charge on any atom is -0.497 e. The van der Waals surface area contributed by atoms with E-state index in [0.29, 0.717) is 28.3 Å². The van der Waals surface area contributed by atoms with Crippen LogP contribution < -0.4 is 24.3 Å². The lowest BCUT2D eigenvalue weighted by Crippen LogP contribution is -2.39. The fourth-order valence-electron chi connectivity index (χ4n) is 5.41. The smallest absolute Gasteiger partial charge is 0.296 e. The molecule has 0 aliphatic carbocycles. The molecule has 4 aromatic carbocycles. The van der Waals surface area contributed by atoms with Crippen LogP contribution in [0.3, 0.4) is 0 Å². The molecule has 1 aliphatic heterocycles. The van der Waals surface area contributed by atoms with Gasteiger partial charge in [-0.2, -0.15) is 0 Å². The standard InChI is InChI=1S/C35H30N2O7/c1-41-25-16-17-27-26(20-25)33-30(37(27)24-7-5-4-6-8-24)31(38)34(44-33)32(39)35(40)36-23-14-11-21(12-15-23)9-10-22-13-18-28(42-2)29(19-22)43-3/h4-8,11-20,34H,9-10H2,1-3H3,(H,36,40). The van der Waals surface area contributed by atoms with Crippen LogP contribution in [0.1, 0.15) is 21.6 Å². The monoisotopic (exact) mass is 590 g/mol. The number of amides is 1. The maximum atomic E-state index is 13.6. The first kappa shape index (κ1) is 28.5. The van der Waals surface area contributed by atoms with Crippen molar-refractivity contribution in [2.75, 3.05) is 26.6 Å². The van der Waals surface area contributed by atoms with Gasteiger partial charge in [0.05, 0.1) is 26.8 Å². The SMILES string of the molecule is COc1ccc2c(c1)c1c(n2-c2ccccc2)C(=O)C(C(=O)C(=O)Nc2ccc(CCc3ccc(OC)c(OC)c3)cc2)O1. The molecule has 5 aromatic rings. The van der Waals surface area contributed by atoms with E-state index in [1.807, 2.05) is 66.7 Å². The number of rotatable bonds is 10. The second-order valence-corrected chi connectivity index (χ2v) is 10.3. The van der Waals surface area contributed by atoms with Gasteiger partial charge < -0.3 is 28.8 Å². The fourth-order valence-corrected chi connectivity index (χ4v) is 5.41. The lowest BCUT2D eigenvalue weighted by molar-refractivity contribution is -0.137. The van der Waals surface area contributed by atoms with Crippen molar-refractivity contribution in [1.82, 2.24) is 4.57 Å². The number of nitrogens with one attached hydrogen (secondary N) is 1. The molecular formula is C35H30N2O7. The number of ether oxygens (including phenoxy) is 4. The maximum Gasteiger partial charge on any atom is 0.296 e. The van der Waals surface area contributed by atoms with Gasteiger partial charge in [0, 0.05) is 16.8 Å². The molecular weight excluding hydrogens is 560 g/mol. The van der Waals surface area contributed by atoms with Crippen LogP contribution in [0.5, 0.6) is 23.0 Å².